The SMILES string of the molecule is O=C(Nc1ccc([N+](=O)[O-])cc1)c1ccccc1SCc1ccccc1. The number of benzene rings is 3. The Morgan fingerprint density at radius 2 is 1.58 bits per heavy atom. The molecule has 0 spiro atoms. The molecule has 0 bridgehead atoms. The van der Waals surface area contributed by atoms with Gasteiger partial charge in [-0.2, -0.15) is 0 Å². The normalized spacial score (nSPS) is 10.3. The van der Waals surface area contributed by atoms with Crippen LogP contribution in [0.2, 0.25) is 0 Å². The molecular weight excluding hydrogens is 348 g/mol. The number of anilines is 1. The van der Waals surface area contributed by atoms with Crippen molar-refractivity contribution in [3.8, 4) is 0 Å². The number of hydrogen-bond acceptors (Lipinski definition) is 4. The Labute approximate surface area is 155 Å². The molecule has 0 fully saturated rings. The molecule has 1 N–H and O–H groups in total. The molecule has 26 heavy (non-hydrogen) atoms. The fourth-order valence-electron chi connectivity index (χ4n) is 2.38. The van der Waals surface area contributed by atoms with Crippen LogP contribution < -0.4 is 5.32 Å². The van der Waals surface area contributed by atoms with Crippen LogP contribution in [-0.4, -0.2) is 10.8 Å². The maximum absolute atomic E-state index is 12.6. The minimum Gasteiger partial charge on any atom is -0.322 e. The van der Waals surface area contributed by atoms with E-state index in [-0.39, 0.29) is 11.6 Å². The van der Waals surface area contributed by atoms with Gasteiger partial charge in [0.25, 0.3) is 11.6 Å². The number of rotatable bonds is 6. The fraction of sp³-hybridized carbons (Fsp3) is 0.0500. The second-order valence-corrected chi connectivity index (χ2v) is 6.55. The molecule has 3 aromatic rings. The Balaban J connectivity index is 1.72. The first kappa shape index (κ1) is 17.7. The van der Waals surface area contributed by atoms with E-state index in [0.717, 1.165) is 10.6 Å². The van der Waals surface area contributed by atoms with Crippen molar-refractivity contribution >= 4 is 29.0 Å². The van der Waals surface area contributed by atoms with Crippen molar-refractivity contribution in [2.75, 3.05) is 5.32 Å². The zero-order chi connectivity index (χ0) is 18.4. The molecule has 0 heterocycles. The molecular formula is C20H16N2O3S. The number of non-ortho nitro benzene ring substituents is 1. The molecule has 0 unspecified atom stereocenters. The molecule has 0 radical (unpaired) electrons. The van der Waals surface area contributed by atoms with Crippen LogP contribution in [0, 0.1) is 10.1 Å². The number of carbonyl (C=O) groups is 1. The number of nitro groups is 1. The third-order valence-corrected chi connectivity index (χ3v) is 4.85. The van der Waals surface area contributed by atoms with Crippen molar-refractivity contribution in [3.63, 3.8) is 0 Å². The summed E-state index contributed by atoms with van der Waals surface area (Å²) in [5.41, 5.74) is 2.26. The monoisotopic (exact) mass is 364 g/mol. The molecule has 0 aliphatic carbocycles. The lowest BCUT2D eigenvalue weighted by Gasteiger charge is -2.10. The van der Waals surface area contributed by atoms with E-state index in [1.807, 2.05) is 48.5 Å². The molecule has 0 saturated heterocycles. The largest absolute Gasteiger partial charge is 0.322 e. The number of amides is 1. The molecule has 0 saturated carbocycles. The summed E-state index contributed by atoms with van der Waals surface area (Å²) in [4.78, 5) is 23.7. The minimum atomic E-state index is -0.471. The van der Waals surface area contributed by atoms with E-state index >= 15 is 0 Å². The Bertz CT molecular complexity index is 912. The average Bonchev–Trinajstić information content (AvgIpc) is 2.68. The summed E-state index contributed by atoms with van der Waals surface area (Å²) in [6.07, 6.45) is 0. The molecule has 0 aliphatic heterocycles. The zero-order valence-electron chi connectivity index (χ0n) is 13.8. The van der Waals surface area contributed by atoms with Gasteiger partial charge in [-0.15, -0.1) is 11.8 Å². The lowest BCUT2D eigenvalue weighted by Crippen LogP contribution is -2.13. The highest BCUT2D eigenvalue weighted by atomic mass is 32.2. The van der Waals surface area contributed by atoms with Crippen molar-refractivity contribution in [1.82, 2.24) is 0 Å². The maximum atomic E-state index is 12.6. The summed E-state index contributed by atoms with van der Waals surface area (Å²) in [6.45, 7) is 0. The van der Waals surface area contributed by atoms with Crippen molar-refractivity contribution in [3.05, 3.63) is 100 Å². The molecule has 0 aromatic heterocycles. The summed E-state index contributed by atoms with van der Waals surface area (Å²) in [5.74, 6) is 0.526. The van der Waals surface area contributed by atoms with Crippen LogP contribution in [0.5, 0.6) is 0 Å². The topological polar surface area (TPSA) is 72.2 Å². The highest BCUT2D eigenvalue weighted by Gasteiger charge is 2.12. The second kappa shape index (κ2) is 8.31. The van der Waals surface area contributed by atoms with Gasteiger partial charge in [-0.1, -0.05) is 42.5 Å². The molecule has 3 aromatic carbocycles. The van der Waals surface area contributed by atoms with Crippen LogP contribution in [-0.2, 0) is 5.75 Å². The van der Waals surface area contributed by atoms with Crippen LogP contribution >= 0.6 is 11.8 Å². The number of nitro benzene ring substituents is 1. The van der Waals surface area contributed by atoms with Crippen molar-refractivity contribution in [2.45, 2.75) is 10.6 Å². The van der Waals surface area contributed by atoms with E-state index in [1.165, 1.54) is 29.8 Å². The van der Waals surface area contributed by atoms with E-state index in [4.69, 9.17) is 0 Å². The van der Waals surface area contributed by atoms with Gasteiger partial charge in [0.2, 0.25) is 0 Å². The summed E-state index contributed by atoms with van der Waals surface area (Å²) in [6, 6.07) is 23.2. The third-order valence-electron chi connectivity index (χ3n) is 3.70. The smallest absolute Gasteiger partial charge is 0.269 e. The van der Waals surface area contributed by atoms with Gasteiger partial charge in [-0.3, -0.25) is 14.9 Å². The van der Waals surface area contributed by atoms with Crippen LogP contribution in [0.15, 0.2) is 83.8 Å². The summed E-state index contributed by atoms with van der Waals surface area (Å²) >= 11 is 1.60. The molecule has 0 aliphatic rings. The molecule has 5 nitrogen and oxygen atoms in total. The van der Waals surface area contributed by atoms with Gasteiger partial charge >= 0.3 is 0 Å². The first-order valence-corrected chi connectivity index (χ1v) is 8.93. The molecule has 0 atom stereocenters. The summed E-state index contributed by atoms with van der Waals surface area (Å²) in [5, 5.41) is 13.5. The van der Waals surface area contributed by atoms with Gasteiger partial charge in [0, 0.05) is 28.5 Å². The molecule has 1 amide bonds. The van der Waals surface area contributed by atoms with Crippen molar-refractivity contribution < 1.29 is 9.72 Å². The predicted octanol–water partition coefficient (Wildman–Crippen LogP) is 5.14. The molecule has 130 valence electrons. The van der Waals surface area contributed by atoms with E-state index < -0.39 is 4.92 Å². The zero-order valence-corrected chi connectivity index (χ0v) is 14.6. The van der Waals surface area contributed by atoms with Crippen LogP contribution in [0.1, 0.15) is 15.9 Å². The average molecular weight is 364 g/mol. The van der Waals surface area contributed by atoms with Gasteiger partial charge in [-0.05, 0) is 29.8 Å². The van der Waals surface area contributed by atoms with Gasteiger partial charge in [0.05, 0.1) is 10.5 Å². The third kappa shape index (κ3) is 4.49. The lowest BCUT2D eigenvalue weighted by atomic mass is 10.2. The number of carbonyl (C=O) groups excluding carboxylic acids is 1. The lowest BCUT2D eigenvalue weighted by molar-refractivity contribution is -0.384. The fourth-order valence-corrected chi connectivity index (χ4v) is 3.39. The van der Waals surface area contributed by atoms with Crippen LogP contribution in [0.25, 0.3) is 0 Å². The van der Waals surface area contributed by atoms with Gasteiger partial charge < -0.3 is 5.32 Å². The van der Waals surface area contributed by atoms with Gasteiger partial charge in [0.15, 0.2) is 0 Å². The van der Waals surface area contributed by atoms with Gasteiger partial charge in [0.1, 0.15) is 0 Å². The van der Waals surface area contributed by atoms with Crippen molar-refractivity contribution in [1.29, 1.82) is 0 Å². The molecule has 3 rings (SSSR count). The first-order valence-electron chi connectivity index (χ1n) is 7.95. The second-order valence-electron chi connectivity index (χ2n) is 5.53. The minimum absolute atomic E-state index is 0.0122. The maximum Gasteiger partial charge on any atom is 0.269 e. The van der Waals surface area contributed by atoms with E-state index in [0.29, 0.717) is 11.3 Å². The Morgan fingerprint density at radius 1 is 0.923 bits per heavy atom. The summed E-state index contributed by atoms with van der Waals surface area (Å²) in [7, 11) is 0. The summed E-state index contributed by atoms with van der Waals surface area (Å²) < 4.78 is 0. The molecule has 6 heteroatoms. The van der Waals surface area contributed by atoms with Crippen LogP contribution in [0.4, 0.5) is 11.4 Å². The number of nitrogens with zero attached hydrogens (tertiary/aromatic N) is 1. The number of nitrogens with one attached hydrogen (secondary N) is 1. The predicted molar refractivity (Wildman–Crippen MR) is 103 cm³/mol. The van der Waals surface area contributed by atoms with E-state index in [2.05, 4.69) is 5.32 Å². The van der Waals surface area contributed by atoms with E-state index in [1.54, 1.807) is 17.8 Å². The quantitative estimate of drug-likeness (QED) is 0.373. The van der Waals surface area contributed by atoms with Crippen LogP contribution in [0.3, 0.4) is 0 Å². The Morgan fingerprint density at radius 3 is 2.27 bits per heavy atom. The Kier molecular flexibility index (Phi) is 5.66. The first-order chi connectivity index (χ1) is 12.6. The number of hydrogen-bond donors (Lipinski definition) is 1. The van der Waals surface area contributed by atoms with Gasteiger partial charge in [-0.25, -0.2) is 0 Å². The highest BCUT2D eigenvalue weighted by molar-refractivity contribution is 7.98. The number of thioether (sulfide) groups is 1. The standard InChI is InChI=1S/C20H16N2O3S/c23-20(21-16-10-12-17(13-11-16)22(24)25)18-8-4-5-9-19(18)26-14-15-6-2-1-3-7-15/h1-13H,14H2,(H,21,23). The highest BCUT2D eigenvalue weighted by Crippen LogP contribution is 2.27. The van der Waals surface area contributed by atoms with Crippen molar-refractivity contribution in [2.24, 2.45) is 0 Å². The van der Waals surface area contributed by atoms with E-state index in [9.17, 15) is 14.9 Å². The Hall–Kier alpha value is -3.12.